The number of carboxylic acids is 1. The second-order valence-corrected chi connectivity index (χ2v) is 4.29. The first-order valence-electron chi connectivity index (χ1n) is 5.33. The molecule has 0 aromatic carbocycles. The summed E-state index contributed by atoms with van der Waals surface area (Å²) >= 11 is 0. The van der Waals surface area contributed by atoms with Crippen molar-refractivity contribution >= 4 is 5.97 Å². The first kappa shape index (κ1) is 11.2. The van der Waals surface area contributed by atoms with E-state index in [1.807, 2.05) is 0 Å². The van der Waals surface area contributed by atoms with Gasteiger partial charge in [0.25, 0.3) is 0 Å². The van der Waals surface area contributed by atoms with Gasteiger partial charge in [0, 0.05) is 6.54 Å². The van der Waals surface area contributed by atoms with E-state index >= 15 is 0 Å². The highest BCUT2D eigenvalue weighted by molar-refractivity contribution is 5.87. The van der Waals surface area contributed by atoms with E-state index in [0.29, 0.717) is 18.8 Å². The normalized spacial score (nSPS) is 18.1. The third kappa shape index (κ3) is 2.43. The SMILES string of the molecule is O=C(O)c1coc(CNCC2(O)CCC2)c1. The Labute approximate surface area is 93.1 Å². The van der Waals surface area contributed by atoms with E-state index in [9.17, 15) is 9.90 Å². The number of furan rings is 1. The zero-order valence-corrected chi connectivity index (χ0v) is 8.90. The topological polar surface area (TPSA) is 82.7 Å². The number of nitrogens with one attached hydrogen (secondary N) is 1. The monoisotopic (exact) mass is 225 g/mol. The van der Waals surface area contributed by atoms with Crippen molar-refractivity contribution in [2.45, 2.75) is 31.4 Å². The molecule has 0 bridgehead atoms. The molecular weight excluding hydrogens is 210 g/mol. The Bertz CT molecular complexity index is 381. The third-order valence-corrected chi connectivity index (χ3v) is 2.94. The quantitative estimate of drug-likeness (QED) is 0.695. The van der Waals surface area contributed by atoms with E-state index in [-0.39, 0.29) is 5.56 Å². The zero-order valence-electron chi connectivity index (χ0n) is 8.90. The fourth-order valence-corrected chi connectivity index (χ4v) is 1.77. The first-order valence-corrected chi connectivity index (χ1v) is 5.33. The molecule has 0 spiro atoms. The summed E-state index contributed by atoms with van der Waals surface area (Å²) in [4.78, 5) is 10.6. The minimum atomic E-state index is -0.993. The van der Waals surface area contributed by atoms with Gasteiger partial charge in [-0.05, 0) is 25.3 Å². The zero-order chi connectivity index (χ0) is 11.6. The summed E-state index contributed by atoms with van der Waals surface area (Å²) in [7, 11) is 0. The molecule has 1 aliphatic rings. The maximum atomic E-state index is 10.6. The summed E-state index contributed by atoms with van der Waals surface area (Å²) in [5.41, 5.74) is -0.415. The molecule has 1 aromatic rings. The molecule has 1 saturated carbocycles. The van der Waals surface area contributed by atoms with Gasteiger partial charge in [0.2, 0.25) is 0 Å². The van der Waals surface area contributed by atoms with E-state index in [4.69, 9.17) is 9.52 Å². The molecule has 3 N–H and O–H groups in total. The Balaban J connectivity index is 1.78. The number of rotatable bonds is 5. The van der Waals surface area contributed by atoms with Crippen LogP contribution in [0.2, 0.25) is 0 Å². The molecular formula is C11H15NO4. The van der Waals surface area contributed by atoms with Gasteiger partial charge in [-0.3, -0.25) is 0 Å². The predicted octanol–water partition coefficient (Wildman–Crippen LogP) is 0.982. The van der Waals surface area contributed by atoms with Crippen molar-refractivity contribution < 1.29 is 19.4 Å². The van der Waals surface area contributed by atoms with Crippen molar-refractivity contribution in [2.24, 2.45) is 0 Å². The van der Waals surface area contributed by atoms with Crippen molar-refractivity contribution in [1.29, 1.82) is 0 Å². The lowest BCUT2D eigenvalue weighted by molar-refractivity contribution is -0.0317. The molecule has 0 unspecified atom stereocenters. The number of aliphatic hydroxyl groups is 1. The molecule has 5 heteroatoms. The van der Waals surface area contributed by atoms with Crippen LogP contribution in [0.15, 0.2) is 16.7 Å². The molecule has 0 amide bonds. The van der Waals surface area contributed by atoms with Crippen LogP contribution in [0.5, 0.6) is 0 Å². The highest BCUT2D eigenvalue weighted by atomic mass is 16.4. The molecule has 1 heterocycles. The van der Waals surface area contributed by atoms with Crippen molar-refractivity contribution in [3.05, 3.63) is 23.7 Å². The highest BCUT2D eigenvalue weighted by Crippen LogP contribution is 2.30. The number of hydrogen-bond donors (Lipinski definition) is 3. The lowest BCUT2D eigenvalue weighted by Crippen LogP contribution is -2.45. The summed E-state index contributed by atoms with van der Waals surface area (Å²) < 4.78 is 5.07. The smallest absolute Gasteiger partial charge is 0.338 e. The maximum absolute atomic E-state index is 10.6. The van der Waals surface area contributed by atoms with Crippen LogP contribution in [0.3, 0.4) is 0 Å². The van der Waals surface area contributed by atoms with Crippen molar-refractivity contribution in [3.63, 3.8) is 0 Å². The average Bonchev–Trinajstić information content (AvgIpc) is 2.64. The molecule has 1 aromatic heterocycles. The van der Waals surface area contributed by atoms with Gasteiger partial charge in [-0.15, -0.1) is 0 Å². The predicted molar refractivity (Wildman–Crippen MR) is 56.2 cm³/mol. The molecule has 2 rings (SSSR count). The number of hydrogen-bond acceptors (Lipinski definition) is 4. The Morgan fingerprint density at radius 1 is 1.56 bits per heavy atom. The van der Waals surface area contributed by atoms with E-state index in [1.54, 1.807) is 0 Å². The lowest BCUT2D eigenvalue weighted by atomic mass is 9.80. The van der Waals surface area contributed by atoms with Crippen LogP contribution >= 0.6 is 0 Å². The van der Waals surface area contributed by atoms with E-state index in [1.165, 1.54) is 12.3 Å². The van der Waals surface area contributed by atoms with Crippen LogP contribution in [0.25, 0.3) is 0 Å². The van der Waals surface area contributed by atoms with Gasteiger partial charge >= 0.3 is 5.97 Å². The van der Waals surface area contributed by atoms with Crippen LogP contribution in [0.1, 0.15) is 35.4 Å². The van der Waals surface area contributed by atoms with Crippen molar-refractivity contribution in [1.82, 2.24) is 5.32 Å². The van der Waals surface area contributed by atoms with Gasteiger partial charge in [0.15, 0.2) is 0 Å². The molecule has 0 atom stereocenters. The Morgan fingerprint density at radius 2 is 2.31 bits per heavy atom. The molecule has 1 fully saturated rings. The molecule has 0 radical (unpaired) electrons. The summed E-state index contributed by atoms with van der Waals surface area (Å²) in [6.07, 6.45) is 3.95. The Kier molecular flexibility index (Phi) is 2.98. The summed E-state index contributed by atoms with van der Waals surface area (Å²) in [6, 6.07) is 1.49. The van der Waals surface area contributed by atoms with Crippen LogP contribution in [-0.4, -0.2) is 28.3 Å². The van der Waals surface area contributed by atoms with Crippen LogP contribution in [-0.2, 0) is 6.54 Å². The van der Waals surface area contributed by atoms with Gasteiger partial charge in [-0.2, -0.15) is 0 Å². The summed E-state index contributed by atoms with van der Waals surface area (Å²) in [5, 5.41) is 21.5. The van der Waals surface area contributed by atoms with Gasteiger partial charge in [0.1, 0.15) is 12.0 Å². The number of carboxylic acid groups (broad SMARTS) is 1. The van der Waals surface area contributed by atoms with Crippen LogP contribution < -0.4 is 5.32 Å². The number of carbonyl (C=O) groups is 1. The van der Waals surface area contributed by atoms with Gasteiger partial charge in [0.05, 0.1) is 17.7 Å². The molecule has 16 heavy (non-hydrogen) atoms. The lowest BCUT2D eigenvalue weighted by Gasteiger charge is -2.36. The van der Waals surface area contributed by atoms with E-state index in [2.05, 4.69) is 5.32 Å². The van der Waals surface area contributed by atoms with Crippen LogP contribution in [0, 0.1) is 0 Å². The standard InChI is InChI=1S/C11H15NO4/c13-10(14)8-4-9(16-6-8)5-12-7-11(15)2-1-3-11/h4,6,12,15H,1-3,5,7H2,(H,13,14). The first-order chi connectivity index (χ1) is 7.59. The maximum Gasteiger partial charge on any atom is 0.338 e. The van der Waals surface area contributed by atoms with Gasteiger partial charge in [-0.25, -0.2) is 4.79 Å². The second-order valence-electron chi connectivity index (χ2n) is 4.29. The van der Waals surface area contributed by atoms with Crippen molar-refractivity contribution in [3.8, 4) is 0 Å². The molecule has 1 aliphatic carbocycles. The fourth-order valence-electron chi connectivity index (χ4n) is 1.77. The average molecular weight is 225 g/mol. The molecule has 5 nitrogen and oxygen atoms in total. The van der Waals surface area contributed by atoms with Gasteiger partial charge < -0.3 is 19.9 Å². The third-order valence-electron chi connectivity index (χ3n) is 2.94. The molecule has 0 aliphatic heterocycles. The van der Waals surface area contributed by atoms with Crippen LogP contribution in [0.4, 0.5) is 0 Å². The molecule has 88 valence electrons. The van der Waals surface area contributed by atoms with Gasteiger partial charge in [-0.1, -0.05) is 0 Å². The Hall–Kier alpha value is -1.33. The second kappa shape index (κ2) is 4.27. The van der Waals surface area contributed by atoms with E-state index in [0.717, 1.165) is 19.3 Å². The number of aromatic carboxylic acids is 1. The minimum absolute atomic E-state index is 0.152. The van der Waals surface area contributed by atoms with E-state index < -0.39 is 11.6 Å². The molecule has 0 saturated heterocycles. The fraction of sp³-hybridized carbons (Fsp3) is 0.545. The minimum Gasteiger partial charge on any atom is -0.478 e. The Morgan fingerprint density at radius 3 is 2.81 bits per heavy atom. The largest absolute Gasteiger partial charge is 0.478 e. The summed E-state index contributed by atoms with van der Waals surface area (Å²) in [5.74, 6) is -0.423. The highest BCUT2D eigenvalue weighted by Gasteiger charge is 2.33. The summed E-state index contributed by atoms with van der Waals surface area (Å²) in [6.45, 7) is 0.964. The van der Waals surface area contributed by atoms with Crippen molar-refractivity contribution in [2.75, 3.05) is 6.54 Å².